The van der Waals surface area contributed by atoms with E-state index < -0.39 is 0 Å². The fraction of sp³-hybridized carbons (Fsp3) is 0.833. The molecule has 4 nitrogen and oxygen atoms in total. The second-order valence-corrected chi connectivity index (χ2v) is 6.24. The molecule has 1 atom stereocenters. The lowest BCUT2D eigenvalue weighted by Gasteiger charge is -2.45. The van der Waals surface area contributed by atoms with Crippen LogP contribution in [0, 0.1) is 0 Å². The maximum Gasteiger partial charge on any atom is 0.245 e. The highest BCUT2D eigenvalue weighted by Gasteiger charge is 2.41. The molecule has 5 heteroatoms. The van der Waals surface area contributed by atoms with Crippen LogP contribution in [-0.4, -0.2) is 46.8 Å². The minimum absolute atomic E-state index is 0.0213. The van der Waals surface area contributed by atoms with Gasteiger partial charge in [-0.3, -0.25) is 9.59 Å². The van der Waals surface area contributed by atoms with E-state index in [-0.39, 0.29) is 29.1 Å². The summed E-state index contributed by atoms with van der Waals surface area (Å²) in [6.45, 7) is 2.90. The number of nitrogens with zero attached hydrogens (tertiary/aromatic N) is 1. The van der Waals surface area contributed by atoms with Gasteiger partial charge in [-0.15, -0.1) is 0 Å². The second-order valence-electron chi connectivity index (χ2n) is 4.96. The van der Waals surface area contributed by atoms with E-state index >= 15 is 0 Å². The van der Waals surface area contributed by atoms with Crippen molar-refractivity contribution in [1.82, 2.24) is 10.2 Å². The fourth-order valence-corrected chi connectivity index (χ4v) is 3.51. The van der Waals surface area contributed by atoms with Gasteiger partial charge in [0.15, 0.2) is 0 Å². The van der Waals surface area contributed by atoms with Crippen LogP contribution in [0.5, 0.6) is 0 Å². The first kappa shape index (κ1) is 12.7. The van der Waals surface area contributed by atoms with E-state index in [0.717, 1.165) is 19.4 Å². The van der Waals surface area contributed by atoms with E-state index in [1.807, 2.05) is 18.7 Å². The van der Waals surface area contributed by atoms with Crippen LogP contribution in [0.25, 0.3) is 0 Å². The van der Waals surface area contributed by atoms with Gasteiger partial charge < -0.3 is 10.2 Å². The lowest BCUT2D eigenvalue weighted by atomic mass is 9.83. The van der Waals surface area contributed by atoms with Crippen molar-refractivity contribution in [2.24, 2.45) is 0 Å². The Morgan fingerprint density at radius 3 is 2.65 bits per heavy atom. The summed E-state index contributed by atoms with van der Waals surface area (Å²) in [5, 5.41) is 2.75. The standard InChI is InChI=1S/C12H20N2O2S/c1-3-9-11(16)14(7-10(15)13-9)8-12(17-2)5-4-6-12/h9H,3-8H2,1-2H3,(H,13,15). The summed E-state index contributed by atoms with van der Waals surface area (Å²) >= 11 is 1.84. The van der Waals surface area contributed by atoms with Crippen molar-refractivity contribution < 1.29 is 9.59 Å². The van der Waals surface area contributed by atoms with Crippen LogP contribution in [0.4, 0.5) is 0 Å². The highest BCUT2D eigenvalue weighted by atomic mass is 32.2. The van der Waals surface area contributed by atoms with Crippen LogP contribution < -0.4 is 5.32 Å². The van der Waals surface area contributed by atoms with E-state index in [1.54, 1.807) is 4.90 Å². The number of thioether (sulfide) groups is 1. The van der Waals surface area contributed by atoms with Gasteiger partial charge >= 0.3 is 0 Å². The van der Waals surface area contributed by atoms with E-state index in [1.165, 1.54) is 6.42 Å². The predicted molar refractivity (Wildman–Crippen MR) is 68.9 cm³/mol. The van der Waals surface area contributed by atoms with Gasteiger partial charge in [-0.1, -0.05) is 13.3 Å². The van der Waals surface area contributed by atoms with Gasteiger partial charge in [0.1, 0.15) is 6.04 Å². The van der Waals surface area contributed by atoms with Crippen LogP contribution >= 0.6 is 11.8 Å². The Morgan fingerprint density at radius 1 is 1.47 bits per heavy atom. The third-order valence-electron chi connectivity index (χ3n) is 3.86. The summed E-state index contributed by atoms with van der Waals surface area (Å²) in [6, 6.07) is -0.310. The third-order valence-corrected chi connectivity index (χ3v) is 5.27. The highest BCUT2D eigenvalue weighted by molar-refractivity contribution is 8.00. The molecule has 0 aromatic heterocycles. The molecule has 1 N–H and O–H groups in total. The van der Waals surface area contributed by atoms with Gasteiger partial charge in [0.25, 0.3) is 0 Å². The smallest absolute Gasteiger partial charge is 0.245 e. The van der Waals surface area contributed by atoms with Gasteiger partial charge in [-0.25, -0.2) is 0 Å². The van der Waals surface area contributed by atoms with Crippen molar-refractivity contribution in [2.75, 3.05) is 19.3 Å². The Morgan fingerprint density at radius 2 is 2.18 bits per heavy atom. The van der Waals surface area contributed by atoms with Crippen molar-refractivity contribution in [3.63, 3.8) is 0 Å². The minimum Gasteiger partial charge on any atom is -0.343 e. The second kappa shape index (κ2) is 4.88. The lowest BCUT2D eigenvalue weighted by Crippen LogP contribution is -2.61. The summed E-state index contributed by atoms with van der Waals surface area (Å²) in [4.78, 5) is 25.4. The van der Waals surface area contributed by atoms with E-state index in [4.69, 9.17) is 0 Å². The molecule has 0 bridgehead atoms. The van der Waals surface area contributed by atoms with Crippen molar-refractivity contribution in [3.05, 3.63) is 0 Å². The Labute approximate surface area is 106 Å². The molecule has 1 aliphatic heterocycles. The first-order chi connectivity index (χ1) is 8.10. The zero-order valence-electron chi connectivity index (χ0n) is 10.5. The lowest BCUT2D eigenvalue weighted by molar-refractivity contribution is -0.145. The van der Waals surface area contributed by atoms with Crippen LogP contribution in [0.3, 0.4) is 0 Å². The van der Waals surface area contributed by atoms with E-state index in [9.17, 15) is 9.59 Å². The maximum absolute atomic E-state index is 12.1. The molecular formula is C12H20N2O2S. The third kappa shape index (κ3) is 2.44. The average Bonchev–Trinajstić information content (AvgIpc) is 2.27. The topological polar surface area (TPSA) is 49.4 Å². The van der Waals surface area contributed by atoms with Crippen LogP contribution in [0.15, 0.2) is 0 Å². The maximum atomic E-state index is 12.1. The first-order valence-electron chi connectivity index (χ1n) is 6.23. The monoisotopic (exact) mass is 256 g/mol. The van der Waals surface area contributed by atoms with E-state index in [2.05, 4.69) is 11.6 Å². The number of rotatable bonds is 4. The van der Waals surface area contributed by atoms with Gasteiger partial charge in [0, 0.05) is 11.3 Å². The summed E-state index contributed by atoms with van der Waals surface area (Å²) < 4.78 is 0.214. The van der Waals surface area contributed by atoms with Gasteiger partial charge in [-0.2, -0.15) is 11.8 Å². The molecule has 2 amide bonds. The summed E-state index contributed by atoms with van der Waals surface area (Å²) in [7, 11) is 0. The molecule has 17 heavy (non-hydrogen) atoms. The molecule has 0 radical (unpaired) electrons. The first-order valence-corrected chi connectivity index (χ1v) is 7.46. The van der Waals surface area contributed by atoms with Gasteiger partial charge in [0.2, 0.25) is 11.8 Å². The normalized spacial score (nSPS) is 27.6. The number of nitrogens with one attached hydrogen (secondary N) is 1. The Bertz CT molecular complexity index is 323. The van der Waals surface area contributed by atoms with Crippen molar-refractivity contribution in [2.45, 2.75) is 43.4 Å². The quantitative estimate of drug-likeness (QED) is 0.816. The van der Waals surface area contributed by atoms with Crippen LogP contribution in [-0.2, 0) is 9.59 Å². The number of carbonyl (C=O) groups excluding carboxylic acids is 2. The number of amides is 2. The summed E-state index contributed by atoms with van der Waals surface area (Å²) in [5.74, 6) is 0.0689. The van der Waals surface area contributed by atoms with Crippen molar-refractivity contribution >= 4 is 23.6 Å². The Balaban J connectivity index is 2.03. The molecule has 2 aliphatic rings. The zero-order chi connectivity index (χ0) is 12.5. The molecule has 0 aromatic carbocycles. The van der Waals surface area contributed by atoms with Gasteiger partial charge in [0.05, 0.1) is 6.54 Å². The molecule has 1 unspecified atom stereocenters. The Kier molecular flexibility index (Phi) is 3.66. The SMILES string of the molecule is CCC1NC(=O)CN(CC2(SC)CCC2)C1=O. The highest BCUT2D eigenvalue weighted by Crippen LogP contribution is 2.43. The number of hydrogen-bond donors (Lipinski definition) is 1. The molecule has 1 heterocycles. The Hall–Kier alpha value is -0.710. The summed E-state index contributed by atoms with van der Waals surface area (Å²) in [5.41, 5.74) is 0. The number of carbonyl (C=O) groups is 2. The van der Waals surface area contributed by atoms with Crippen molar-refractivity contribution in [1.29, 1.82) is 0 Å². The molecule has 2 fully saturated rings. The largest absolute Gasteiger partial charge is 0.343 e. The number of piperazine rings is 1. The average molecular weight is 256 g/mol. The van der Waals surface area contributed by atoms with Crippen molar-refractivity contribution in [3.8, 4) is 0 Å². The van der Waals surface area contributed by atoms with Crippen LogP contribution in [0.2, 0.25) is 0 Å². The molecule has 1 aliphatic carbocycles. The molecule has 1 saturated carbocycles. The van der Waals surface area contributed by atoms with E-state index in [0.29, 0.717) is 6.42 Å². The molecule has 2 rings (SSSR count). The fourth-order valence-electron chi connectivity index (χ4n) is 2.53. The van der Waals surface area contributed by atoms with Gasteiger partial charge in [-0.05, 0) is 25.5 Å². The predicted octanol–water partition coefficient (Wildman–Crippen LogP) is 1.01. The minimum atomic E-state index is -0.310. The molecule has 96 valence electrons. The van der Waals surface area contributed by atoms with Crippen LogP contribution in [0.1, 0.15) is 32.6 Å². The zero-order valence-corrected chi connectivity index (χ0v) is 11.3. The summed E-state index contributed by atoms with van der Waals surface area (Å²) in [6.07, 6.45) is 6.34. The molecule has 0 spiro atoms. The molecular weight excluding hydrogens is 236 g/mol. The number of hydrogen-bond acceptors (Lipinski definition) is 3. The molecule has 1 saturated heterocycles. The molecule has 0 aromatic rings.